The van der Waals surface area contributed by atoms with Gasteiger partial charge in [-0.2, -0.15) is 13.2 Å². The van der Waals surface area contributed by atoms with Crippen LogP contribution in [0.25, 0.3) is 0 Å². The smallest absolute Gasteiger partial charge is 0.416 e. The lowest BCUT2D eigenvalue weighted by Gasteiger charge is -2.36. The molecule has 6 nitrogen and oxygen atoms in total. The lowest BCUT2D eigenvalue weighted by molar-refractivity contribution is -0.137. The Balaban J connectivity index is 1.53. The van der Waals surface area contributed by atoms with E-state index in [2.05, 4.69) is 0 Å². The molecule has 30 heavy (non-hydrogen) atoms. The molecule has 0 spiro atoms. The van der Waals surface area contributed by atoms with Gasteiger partial charge in [0.1, 0.15) is 11.3 Å². The summed E-state index contributed by atoms with van der Waals surface area (Å²) in [5.74, 6) is -1.43. The second-order valence-corrected chi connectivity index (χ2v) is 7.01. The van der Waals surface area contributed by atoms with E-state index in [1.54, 1.807) is 24.0 Å². The number of carbonyl (C=O) groups is 2. The monoisotopic (exact) mass is 422 g/mol. The van der Waals surface area contributed by atoms with E-state index in [0.717, 1.165) is 17.7 Å². The molecule has 9 heteroatoms. The largest absolute Gasteiger partial charge is 0.507 e. The molecule has 1 amide bonds. The first-order valence-corrected chi connectivity index (χ1v) is 9.32. The number of hydrogen-bond donors (Lipinski definition) is 1. The van der Waals surface area contributed by atoms with E-state index in [0.29, 0.717) is 31.9 Å². The fourth-order valence-electron chi connectivity index (χ4n) is 3.20. The number of alkyl halides is 3. The molecular weight excluding hydrogens is 401 g/mol. The minimum Gasteiger partial charge on any atom is -0.507 e. The van der Waals surface area contributed by atoms with Gasteiger partial charge in [0.15, 0.2) is 6.61 Å². The predicted octanol–water partition coefficient (Wildman–Crippen LogP) is 3.23. The second-order valence-electron chi connectivity index (χ2n) is 7.01. The van der Waals surface area contributed by atoms with Crippen molar-refractivity contribution in [3.05, 3.63) is 59.2 Å². The average molecular weight is 422 g/mol. The lowest BCUT2D eigenvalue weighted by Crippen LogP contribution is -2.50. The maximum Gasteiger partial charge on any atom is 0.416 e. The van der Waals surface area contributed by atoms with Gasteiger partial charge in [-0.3, -0.25) is 4.79 Å². The molecule has 2 aromatic carbocycles. The summed E-state index contributed by atoms with van der Waals surface area (Å²) in [6, 6.07) is 9.55. The molecular formula is C21H21F3N2O4. The van der Waals surface area contributed by atoms with Gasteiger partial charge in [0.25, 0.3) is 5.91 Å². The Bertz CT molecular complexity index is 938. The summed E-state index contributed by atoms with van der Waals surface area (Å²) in [5, 5.41) is 9.75. The molecule has 160 valence electrons. The molecule has 0 radical (unpaired) electrons. The van der Waals surface area contributed by atoms with E-state index in [4.69, 9.17) is 4.74 Å². The van der Waals surface area contributed by atoms with Crippen molar-refractivity contribution in [3.8, 4) is 5.75 Å². The molecule has 1 fully saturated rings. The zero-order valence-electron chi connectivity index (χ0n) is 16.3. The number of nitrogens with zero attached hydrogens (tertiary/aromatic N) is 2. The van der Waals surface area contributed by atoms with Crippen molar-refractivity contribution in [1.82, 2.24) is 4.90 Å². The zero-order chi connectivity index (χ0) is 21.9. The van der Waals surface area contributed by atoms with Gasteiger partial charge in [-0.1, -0.05) is 17.7 Å². The summed E-state index contributed by atoms with van der Waals surface area (Å²) in [5.41, 5.74) is 0.469. The van der Waals surface area contributed by atoms with Gasteiger partial charge in [-0.25, -0.2) is 4.79 Å². The van der Waals surface area contributed by atoms with Crippen LogP contribution in [0.4, 0.5) is 18.9 Å². The number of halogens is 3. The van der Waals surface area contributed by atoms with Crippen LogP contribution in [0.1, 0.15) is 21.5 Å². The number of phenolic OH excluding ortho intramolecular Hbond substituents is 1. The minimum atomic E-state index is -4.41. The Hall–Kier alpha value is -3.23. The SMILES string of the molecule is Cc1ccc(O)c(C(=O)OCC(=O)N2CCN(c3cccc(C(F)(F)F)c3)CC2)c1. The van der Waals surface area contributed by atoms with E-state index in [-0.39, 0.29) is 11.3 Å². The van der Waals surface area contributed by atoms with Crippen molar-refractivity contribution >= 4 is 17.6 Å². The molecule has 1 heterocycles. The highest BCUT2D eigenvalue weighted by Gasteiger charge is 2.31. The van der Waals surface area contributed by atoms with Crippen molar-refractivity contribution in [2.75, 3.05) is 37.7 Å². The molecule has 0 unspecified atom stereocenters. The number of ether oxygens (including phenoxy) is 1. The maximum absolute atomic E-state index is 12.9. The van der Waals surface area contributed by atoms with E-state index < -0.39 is 30.2 Å². The summed E-state index contributed by atoms with van der Waals surface area (Å²) in [4.78, 5) is 27.7. The van der Waals surface area contributed by atoms with Gasteiger partial charge < -0.3 is 19.6 Å². The number of carbonyl (C=O) groups excluding carboxylic acids is 2. The highest BCUT2D eigenvalue weighted by atomic mass is 19.4. The fraction of sp³-hybridized carbons (Fsp3) is 0.333. The topological polar surface area (TPSA) is 70.1 Å². The van der Waals surface area contributed by atoms with E-state index >= 15 is 0 Å². The number of benzene rings is 2. The average Bonchev–Trinajstić information content (AvgIpc) is 2.73. The van der Waals surface area contributed by atoms with Gasteiger partial charge in [-0.05, 0) is 37.3 Å². The van der Waals surface area contributed by atoms with Gasteiger partial charge >= 0.3 is 12.1 Å². The molecule has 3 rings (SSSR count). The number of anilines is 1. The number of aryl methyl sites for hydroxylation is 1. The molecule has 0 atom stereocenters. The standard InChI is InChI=1S/C21H21F3N2O4/c1-14-5-6-18(27)17(11-14)20(29)30-13-19(28)26-9-7-25(8-10-26)16-4-2-3-15(12-16)21(22,23)24/h2-6,11-12,27H,7-10,13H2,1H3. The van der Waals surface area contributed by atoms with E-state index in [1.807, 2.05) is 0 Å². The predicted molar refractivity (Wildman–Crippen MR) is 103 cm³/mol. The molecule has 0 aromatic heterocycles. The summed E-state index contributed by atoms with van der Waals surface area (Å²) in [7, 11) is 0. The van der Waals surface area contributed by atoms with E-state index in [1.165, 1.54) is 23.1 Å². The fourth-order valence-corrected chi connectivity index (χ4v) is 3.20. The molecule has 1 aliphatic rings. The summed E-state index contributed by atoms with van der Waals surface area (Å²) >= 11 is 0. The third-order valence-corrected chi connectivity index (χ3v) is 4.87. The normalized spacial score (nSPS) is 14.5. The number of hydrogen-bond acceptors (Lipinski definition) is 5. The Morgan fingerprint density at radius 1 is 1.07 bits per heavy atom. The molecule has 0 bridgehead atoms. The molecule has 0 aliphatic carbocycles. The lowest BCUT2D eigenvalue weighted by atomic mass is 10.1. The Morgan fingerprint density at radius 3 is 2.43 bits per heavy atom. The number of piperazine rings is 1. The Labute approximate surface area is 171 Å². The highest BCUT2D eigenvalue weighted by molar-refractivity contribution is 5.94. The summed E-state index contributed by atoms with van der Waals surface area (Å²) < 4.78 is 43.7. The van der Waals surface area contributed by atoms with Crippen LogP contribution in [-0.2, 0) is 15.7 Å². The van der Waals surface area contributed by atoms with Crippen molar-refractivity contribution in [2.45, 2.75) is 13.1 Å². The first kappa shape index (κ1) is 21.5. The first-order valence-electron chi connectivity index (χ1n) is 9.32. The van der Waals surface area contributed by atoms with Crippen molar-refractivity contribution in [3.63, 3.8) is 0 Å². The molecule has 0 saturated carbocycles. The number of aromatic hydroxyl groups is 1. The van der Waals surface area contributed by atoms with Gasteiger partial charge in [0, 0.05) is 31.9 Å². The van der Waals surface area contributed by atoms with Gasteiger partial charge in [-0.15, -0.1) is 0 Å². The van der Waals surface area contributed by atoms with Gasteiger partial charge in [0.05, 0.1) is 5.56 Å². The number of esters is 1. The number of amides is 1. The minimum absolute atomic E-state index is 0.0165. The van der Waals surface area contributed by atoms with Gasteiger partial charge in [0.2, 0.25) is 0 Å². The van der Waals surface area contributed by atoms with Crippen LogP contribution in [0, 0.1) is 6.92 Å². The van der Waals surface area contributed by atoms with Crippen LogP contribution in [0.15, 0.2) is 42.5 Å². The van der Waals surface area contributed by atoms with Crippen molar-refractivity contribution < 1.29 is 32.6 Å². The zero-order valence-corrected chi connectivity index (χ0v) is 16.3. The second kappa shape index (κ2) is 8.64. The summed E-state index contributed by atoms with van der Waals surface area (Å²) in [6.45, 7) is 2.59. The quantitative estimate of drug-likeness (QED) is 0.767. The van der Waals surface area contributed by atoms with Crippen LogP contribution in [0.5, 0.6) is 5.75 Å². The van der Waals surface area contributed by atoms with Crippen LogP contribution in [0.2, 0.25) is 0 Å². The highest BCUT2D eigenvalue weighted by Crippen LogP contribution is 2.31. The maximum atomic E-state index is 12.9. The molecule has 1 saturated heterocycles. The van der Waals surface area contributed by atoms with Crippen LogP contribution < -0.4 is 4.90 Å². The Kier molecular flexibility index (Phi) is 6.19. The molecule has 1 N–H and O–H groups in total. The Morgan fingerprint density at radius 2 is 1.77 bits per heavy atom. The number of rotatable bonds is 4. The molecule has 1 aliphatic heterocycles. The van der Waals surface area contributed by atoms with Crippen LogP contribution >= 0.6 is 0 Å². The number of phenols is 1. The third-order valence-electron chi connectivity index (χ3n) is 4.87. The van der Waals surface area contributed by atoms with Crippen molar-refractivity contribution in [2.24, 2.45) is 0 Å². The molecule has 2 aromatic rings. The summed E-state index contributed by atoms with van der Waals surface area (Å²) in [6.07, 6.45) is -4.41. The van der Waals surface area contributed by atoms with Crippen molar-refractivity contribution in [1.29, 1.82) is 0 Å². The first-order chi connectivity index (χ1) is 14.1. The van der Waals surface area contributed by atoms with Crippen LogP contribution in [0.3, 0.4) is 0 Å². The van der Waals surface area contributed by atoms with E-state index in [9.17, 15) is 27.9 Å². The van der Waals surface area contributed by atoms with Crippen LogP contribution in [-0.4, -0.2) is 54.7 Å². The third kappa shape index (κ3) is 5.03.